The normalized spacial score (nSPS) is 10.3. The fourth-order valence-corrected chi connectivity index (χ4v) is 2.37. The standard InChI is InChI=1S/C11H15BrN2O3S/c12-8-6-9(11(16)17)10(14-7-8)13-2-5-18-4-1-3-15/h6-7,15H,1-5H2,(H,13,14)(H,16,17). The van der Waals surface area contributed by atoms with Crippen molar-refractivity contribution in [1.82, 2.24) is 4.98 Å². The smallest absolute Gasteiger partial charge is 0.339 e. The molecule has 0 atom stereocenters. The molecule has 0 spiro atoms. The minimum absolute atomic E-state index is 0.157. The molecule has 0 saturated carbocycles. The van der Waals surface area contributed by atoms with Crippen LogP contribution in [0.3, 0.4) is 0 Å². The number of halogens is 1. The van der Waals surface area contributed by atoms with E-state index in [9.17, 15) is 4.79 Å². The molecule has 1 aromatic heterocycles. The molecule has 0 saturated heterocycles. The van der Waals surface area contributed by atoms with E-state index in [0.29, 0.717) is 16.8 Å². The van der Waals surface area contributed by atoms with Gasteiger partial charge in [-0.25, -0.2) is 9.78 Å². The third-order valence-electron chi connectivity index (χ3n) is 2.07. The number of aliphatic hydroxyl groups is 1. The number of rotatable bonds is 8. The van der Waals surface area contributed by atoms with E-state index in [1.165, 1.54) is 6.07 Å². The Bertz CT molecular complexity index is 404. The van der Waals surface area contributed by atoms with E-state index < -0.39 is 5.97 Å². The Morgan fingerprint density at radius 3 is 2.94 bits per heavy atom. The molecule has 0 radical (unpaired) electrons. The van der Waals surface area contributed by atoms with Crippen LogP contribution in [-0.4, -0.2) is 45.8 Å². The summed E-state index contributed by atoms with van der Waals surface area (Å²) in [6, 6.07) is 1.52. The number of carboxylic acid groups (broad SMARTS) is 1. The predicted octanol–water partition coefficient (Wildman–Crippen LogP) is 2.07. The van der Waals surface area contributed by atoms with Crippen LogP contribution < -0.4 is 5.32 Å². The summed E-state index contributed by atoms with van der Waals surface area (Å²) in [6.07, 6.45) is 2.34. The molecular weight excluding hydrogens is 320 g/mol. The molecule has 1 heterocycles. The van der Waals surface area contributed by atoms with E-state index in [4.69, 9.17) is 10.2 Å². The van der Waals surface area contributed by atoms with E-state index in [-0.39, 0.29) is 12.2 Å². The van der Waals surface area contributed by atoms with Crippen molar-refractivity contribution in [3.05, 3.63) is 22.3 Å². The second-order valence-electron chi connectivity index (χ2n) is 3.47. The van der Waals surface area contributed by atoms with Gasteiger partial charge in [0.1, 0.15) is 11.4 Å². The highest BCUT2D eigenvalue weighted by Gasteiger charge is 2.11. The Labute approximate surface area is 118 Å². The maximum absolute atomic E-state index is 11.0. The Hall–Kier alpha value is -0.790. The molecule has 0 aromatic carbocycles. The molecule has 18 heavy (non-hydrogen) atoms. The summed E-state index contributed by atoms with van der Waals surface area (Å²) in [5.41, 5.74) is 0.157. The summed E-state index contributed by atoms with van der Waals surface area (Å²) in [5, 5.41) is 20.6. The number of hydrogen-bond donors (Lipinski definition) is 3. The largest absolute Gasteiger partial charge is 0.478 e. The average molecular weight is 335 g/mol. The molecule has 0 amide bonds. The number of aliphatic hydroxyl groups excluding tert-OH is 1. The zero-order valence-corrected chi connectivity index (χ0v) is 12.1. The quantitative estimate of drug-likeness (QED) is 0.631. The average Bonchev–Trinajstić information content (AvgIpc) is 2.35. The van der Waals surface area contributed by atoms with Crippen molar-refractivity contribution in [2.75, 3.05) is 30.0 Å². The van der Waals surface area contributed by atoms with Crippen LogP contribution in [0.5, 0.6) is 0 Å². The highest BCUT2D eigenvalue weighted by Crippen LogP contribution is 2.18. The van der Waals surface area contributed by atoms with Crippen molar-refractivity contribution in [2.45, 2.75) is 6.42 Å². The molecule has 1 aromatic rings. The van der Waals surface area contributed by atoms with Crippen molar-refractivity contribution in [3.63, 3.8) is 0 Å². The molecule has 0 aliphatic carbocycles. The van der Waals surface area contributed by atoms with Crippen molar-refractivity contribution in [2.24, 2.45) is 0 Å². The lowest BCUT2D eigenvalue weighted by Crippen LogP contribution is -2.11. The summed E-state index contributed by atoms with van der Waals surface area (Å²) in [4.78, 5) is 15.1. The lowest BCUT2D eigenvalue weighted by molar-refractivity contribution is 0.0697. The molecular formula is C11H15BrN2O3S. The van der Waals surface area contributed by atoms with Crippen LogP contribution in [0, 0.1) is 0 Å². The molecule has 0 aliphatic rings. The summed E-state index contributed by atoms with van der Waals surface area (Å²) in [6.45, 7) is 0.850. The molecule has 0 bridgehead atoms. The van der Waals surface area contributed by atoms with Gasteiger partial charge in [-0.2, -0.15) is 11.8 Å². The first-order valence-electron chi connectivity index (χ1n) is 5.46. The number of hydrogen-bond acceptors (Lipinski definition) is 5. The van der Waals surface area contributed by atoms with Crippen molar-refractivity contribution in [1.29, 1.82) is 0 Å². The van der Waals surface area contributed by atoms with Gasteiger partial charge in [-0.15, -0.1) is 0 Å². The number of thioether (sulfide) groups is 1. The molecule has 5 nitrogen and oxygen atoms in total. The Kier molecular flexibility index (Phi) is 7.07. The summed E-state index contributed by atoms with van der Waals surface area (Å²) in [5.74, 6) is 1.13. The lowest BCUT2D eigenvalue weighted by atomic mass is 10.2. The monoisotopic (exact) mass is 334 g/mol. The SMILES string of the molecule is O=C(O)c1cc(Br)cnc1NCCSCCCO. The van der Waals surface area contributed by atoms with Gasteiger partial charge < -0.3 is 15.5 Å². The maximum atomic E-state index is 11.0. The van der Waals surface area contributed by atoms with Crippen LogP contribution in [0.15, 0.2) is 16.7 Å². The van der Waals surface area contributed by atoms with Crippen LogP contribution in [0.1, 0.15) is 16.8 Å². The van der Waals surface area contributed by atoms with Crippen molar-refractivity contribution in [3.8, 4) is 0 Å². The number of nitrogens with zero attached hydrogens (tertiary/aromatic N) is 1. The zero-order valence-electron chi connectivity index (χ0n) is 9.73. The molecule has 0 fully saturated rings. The zero-order chi connectivity index (χ0) is 13.4. The van der Waals surface area contributed by atoms with Crippen molar-refractivity contribution < 1.29 is 15.0 Å². The van der Waals surface area contributed by atoms with Gasteiger partial charge in [0.15, 0.2) is 0 Å². The number of anilines is 1. The van der Waals surface area contributed by atoms with Gasteiger partial charge in [0, 0.05) is 29.6 Å². The summed E-state index contributed by atoms with van der Waals surface area (Å²) < 4.78 is 0.641. The molecule has 0 unspecified atom stereocenters. The van der Waals surface area contributed by atoms with Gasteiger partial charge >= 0.3 is 5.97 Å². The number of carbonyl (C=O) groups is 1. The fraction of sp³-hybridized carbons (Fsp3) is 0.455. The number of aromatic carboxylic acids is 1. The minimum atomic E-state index is -1.00. The van der Waals surface area contributed by atoms with Crippen LogP contribution in [0.4, 0.5) is 5.82 Å². The Morgan fingerprint density at radius 2 is 2.28 bits per heavy atom. The number of pyridine rings is 1. The van der Waals surface area contributed by atoms with Crippen LogP contribution >= 0.6 is 27.7 Å². The van der Waals surface area contributed by atoms with Crippen molar-refractivity contribution >= 4 is 39.5 Å². The Morgan fingerprint density at radius 1 is 1.50 bits per heavy atom. The summed E-state index contributed by atoms with van der Waals surface area (Å²) >= 11 is 4.90. The van der Waals surface area contributed by atoms with E-state index in [2.05, 4.69) is 26.2 Å². The second kappa shape index (κ2) is 8.34. The third kappa shape index (κ3) is 5.24. The van der Waals surface area contributed by atoms with Gasteiger partial charge in [-0.05, 0) is 34.2 Å². The fourth-order valence-electron chi connectivity index (χ4n) is 1.25. The minimum Gasteiger partial charge on any atom is -0.478 e. The third-order valence-corrected chi connectivity index (χ3v) is 3.57. The first-order chi connectivity index (χ1) is 8.65. The molecule has 0 aliphatic heterocycles. The van der Waals surface area contributed by atoms with Gasteiger partial charge in [0.25, 0.3) is 0 Å². The number of aromatic nitrogens is 1. The second-order valence-corrected chi connectivity index (χ2v) is 5.61. The van der Waals surface area contributed by atoms with Gasteiger partial charge in [-0.3, -0.25) is 0 Å². The number of nitrogens with one attached hydrogen (secondary N) is 1. The van der Waals surface area contributed by atoms with Crippen LogP contribution in [0.25, 0.3) is 0 Å². The predicted molar refractivity (Wildman–Crippen MR) is 76.4 cm³/mol. The van der Waals surface area contributed by atoms with Gasteiger partial charge in [-0.1, -0.05) is 0 Å². The maximum Gasteiger partial charge on any atom is 0.339 e. The Balaban J connectivity index is 2.44. The highest BCUT2D eigenvalue weighted by molar-refractivity contribution is 9.10. The first-order valence-corrected chi connectivity index (χ1v) is 7.41. The van der Waals surface area contributed by atoms with E-state index in [0.717, 1.165) is 17.9 Å². The first kappa shape index (κ1) is 15.3. The molecule has 100 valence electrons. The van der Waals surface area contributed by atoms with Crippen LogP contribution in [-0.2, 0) is 0 Å². The highest BCUT2D eigenvalue weighted by atomic mass is 79.9. The molecule has 1 rings (SSSR count). The van der Waals surface area contributed by atoms with E-state index in [1.807, 2.05) is 0 Å². The van der Waals surface area contributed by atoms with Crippen LogP contribution in [0.2, 0.25) is 0 Å². The number of carboxylic acids is 1. The molecule has 7 heteroatoms. The van der Waals surface area contributed by atoms with Gasteiger partial charge in [0.05, 0.1) is 0 Å². The van der Waals surface area contributed by atoms with E-state index in [1.54, 1.807) is 18.0 Å². The lowest BCUT2D eigenvalue weighted by Gasteiger charge is -2.08. The molecule has 3 N–H and O–H groups in total. The topological polar surface area (TPSA) is 82.5 Å². The van der Waals surface area contributed by atoms with Gasteiger partial charge in [0.2, 0.25) is 0 Å². The summed E-state index contributed by atoms with van der Waals surface area (Å²) in [7, 11) is 0. The van der Waals surface area contributed by atoms with E-state index >= 15 is 0 Å².